The Morgan fingerprint density at radius 2 is 2.08 bits per heavy atom. The molecule has 0 aliphatic heterocycles. The zero-order valence-corrected chi connectivity index (χ0v) is 7.97. The fourth-order valence-electron chi connectivity index (χ4n) is 1.10. The third kappa shape index (κ3) is 1.49. The molecule has 0 bridgehead atoms. The van der Waals surface area contributed by atoms with Crippen LogP contribution in [0.3, 0.4) is 0 Å². The van der Waals surface area contributed by atoms with Gasteiger partial charge in [-0.05, 0) is 34.1 Å². The summed E-state index contributed by atoms with van der Waals surface area (Å²) in [5.74, 6) is -0.367. The van der Waals surface area contributed by atoms with Gasteiger partial charge < -0.3 is 4.42 Å². The zero-order chi connectivity index (χ0) is 9.42. The highest BCUT2D eigenvalue weighted by Crippen LogP contribution is 2.23. The standard InChI is InChI=1S/C9H4BrFO2/c10-7-4-6(11)3-5-1-2-8(12)13-9(5)7/h1-4H. The van der Waals surface area contributed by atoms with Crippen LogP contribution in [0.5, 0.6) is 0 Å². The van der Waals surface area contributed by atoms with Crippen LogP contribution in [-0.2, 0) is 0 Å². The summed E-state index contributed by atoms with van der Waals surface area (Å²) in [6, 6.07) is 5.34. The monoisotopic (exact) mass is 242 g/mol. The number of hydrogen-bond acceptors (Lipinski definition) is 2. The summed E-state index contributed by atoms with van der Waals surface area (Å²) in [7, 11) is 0. The molecule has 0 radical (unpaired) electrons. The number of halogens is 2. The summed E-state index contributed by atoms with van der Waals surface area (Å²) in [4.78, 5) is 10.8. The second-order valence-electron chi connectivity index (χ2n) is 2.56. The quantitative estimate of drug-likeness (QED) is 0.666. The van der Waals surface area contributed by atoms with Gasteiger partial charge in [-0.3, -0.25) is 0 Å². The number of rotatable bonds is 0. The van der Waals surface area contributed by atoms with Gasteiger partial charge in [0.2, 0.25) is 0 Å². The van der Waals surface area contributed by atoms with Crippen molar-refractivity contribution in [2.75, 3.05) is 0 Å². The van der Waals surface area contributed by atoms with Crippen molar-refractivity contribution >= 4 is 26.9 Å². The fraction of sp³-hybridized carbons (Fsp3) is 0. The molecule has 13 heavy (non-hydrogen) atoms. The first kappa shape index (κ1) is 8.44. The van der Waals surface area contributed by atoms with Crippen molar-refractivity contribution in [2.24, 2.45) is 0 Å². The van der Waals surface area contributed by atoms with Crippen molar-refractivity contribution in [1.29, 1.82) is 0 Å². The maximum absolute atomic E-state index is 12.8. The molecule has 0 N–H and O–H groups in total. The highest BCUT2D eigenvalue weighted by Gasteiger charge is 2.03. The first-order valence-electron chi connectivity index (χ1n) is 3.56. The van der Waals surface area contributed by atoms with Crippen LogP contribution in [-0.4, -0.2) is 0 Å². The summed E-state index contributed by atoms with van der Waals surface area (Å²) in [6.07, 6.45) is 0. The van der Waals surface area contributed by atoms with Gasteiger partial charge in [0.1, 0.15) is 5.82 Å². The second-order valence-corrected chi connectivity index (χ2v) is 3.41. The summed E-state index contributed by atoms with van der Waals surface area (Å²) >= 11 is 3.11. The molecule has 0 spiro atoms. The average Bonchev–Trinajstić information content (AvgIpc) is 2.06. The third-order valence-corrected chi connectivity index (χ3v) is 2.23. The smallest absolute Gasteiger partial charge is 0.336 e. The van der Waals surface area contributed by atoms with Crippen LogP contribution < -0.4 is 5.63 Å². The molecule has 0 saturated heterocycles. The van der Waals surface area contributed by atoms with E-state index in [0.717, 1.165) is 0 Å². The largest absolute Gasteiger partial charge is 0.422 e. The van der Waals surface area contributed by atoms with Crippen LogP contribution in [0, 0.1) is 5.82 Å². The Balaban J connectivity index is 2.95. The van der Waals surface area contributed by atoms with Gasteiger partial charge in [-0.15, -0.1) is 0 Å². The second kappa shape index (κ2) is 2.96. The van der Waals surface area contributed by atoms with E-state index in [1.165, 1.54) is 24.3 Å². The topological polar surface area (TPSA) is 30.2 Å². The van der Waals surface area contributed by atoms with E-state index >= 15 is 0 Å². The van der Waals surface area contributed by atoms with E-state index in [9.17, 15) is 9.18 Å². The first-order valence-corrected chi connectivity index (χ1v) is 4.35. The molecule has 0 aliphatic rings. The molecule has 0 atom stereocenters. The molecule has 1 aromatic heterocycles. The number of hydrogen-bond donors (Lipinski definition) is 0. The van der Waals surface area contributed by atoms with E-state index in [-0.39, 0.29) is 5.82 Å². The van der Waals surface area contributed by atoms with Crippen LogP contribution in [0.25, 0.3) is 11.0 Å². The van der Waals surface area contributed by atoms with Crippen LogP contribution in [0.1, 0.15) is 0 Å². The van der Waals surface area contributed by atoms with Crippen molar-refractivity contribution in [1.82, 2.24) is 0 Å². The van der Waals surface area contributed by atoms with E-state index in [1.54, 1.807) is 0 Å². The SMILES string of the molecule is O=c1ccc2cc(F)cc(Br)c2o1. The average molecular weight is 243 g/mol. The van der Waals surface area contributed by atoms with Crippen LogP contribution in [0.4, 0.5) is 4.39 Å². The van der Waals surface area contributed by atoms with Crippen LogP contribution in [0.2, 0.25) is 0 Å². The van der Waals surface area contributed by atoms with Gasteiger partial charge in [0.05, 0.1) is 4.47 Å². The maximum atomic E-state index is 12.8. The van der Waals surface area contributed by atoms with E-state index in [4.69, 9.17) is 4.42 Å². The molecule has 0 aliphatic carbocycles. The maximum Gasteiger partial charge on any atom is 0.336 e. The van der Waals surface area contributed by atoms with Gasteiger partial charge in [0.25, 0.3) is 0 Å². The lowest BCUT2D eigenvalue weighted by Crippen LogP contribution is -1.94. The van der Waals surface area contributed by atoms with Gasteiger partial charge in [-0.2, -0.15) is 0 Å². The van der Waals surface area contributed by atoms with Crippen LogP contribution in [0.15, 0.2) is 37.9 Å². The first-order chi connectivity index (χ1) is 6.16. The van der Waals surface area contributed by atoms with E-state index in [0.29, 0.717) is 15.4 Å². The highest BCUT2D eigenvalue weighted by atomic mass is 79.9. The minimum atomic E-state index is -0.445. The van der Waals surface area contributed by atoms with Crippen molar-refractivity contribution in [2.45, 2.75) is 0 Å². The third-order valence-electron chi connectivity index (χ3n) is 1.64. The number of benzene rings is 1. The minimum Gasteiger partial charge on any atom is -0.422 e. The summed E-state index contributed by atoms with van der Waals surface area (Å²) in [5.41, 5.74) is -0.0753. The van der Waals surface area contributed by atoms with Gasteiger partial charge >= 0.3 is 5.63 Å². The molecular formula is C9H4BrFO2. The van der Waals surface area contributed by atoms with Gasteiger partial charge in [0.15, 0.2) is 5.58 Å². The molecule has 2 nitrogen and oxygen atoms in total. The Bertz CT molecular complexity index is 518. The highest BCUT2D eigenvalue weighted by molar-refractivity contribution is 9.10. The number of fused-ring (bicyclic) bond motifs is 1. The Labute approximate surface area is 81.1 Å². The molecule has 2 aromatic rings. The van der Waals surface area contributed by atoms with E-state index in [1.807, 2.05) is 0 Å². The molecule has 1 heterocycles. The van der Waals surface area contributed by atoms with Crippen molar-refractivity contribution < 1.29 is 8.81 Å². The summed E-state index contributed by atoms with van der Waals surface area (Å²) in [6.45, 7) is 0. The van der Waals surface area contributed by atoms with Crippen molar-refractivity contribution in [3.05, 3.63) is 45.0 Å². The zero-order valence-electron chi connectivity index (χ0n) is 6.38. The molecule has 1 aromatic carbocycles. The molecule has 0 saturated carbocycles. The van der Waals surface area contributed by atoms with Gasteiger partial charge in [0, 0.05) is 11.5 Å². The van der Waals surface area contributed by atoms with Gasteiger partial charge in [-0.1, -0.05) is 0 Å². The van der Waals surface area contributed by atoms with Crippen LogP contribution >= 0.6 is 15.9 Å². The lowest BCUT2D eigenvalue weighted by atomic mass is 10.2. The molecule has 0 unspecified atom stereocenters. The van der Waals surface area contributed by atoms with Gasteiger partial charge in [-0.25, -0.2) is 9.18 Å². The lowest BCUT2D eigenvalue weighted by molar-refractivity contribution is 0.556. The molecule has 0 fully saturated rings. The normalized spacial score (nSPS) is 10.6. The molecule has 4 heteroatoms. The Kier molecular flexibility index (Phi) is 1.92. The predicted molar refractivity (Wildman–Crippen MR) is 50.1 cm³/mol. The molecule has 0 amide bonds. The Hall–Kier alpha value is -1.16. The predicted octanol–water partition coefficient (Wildman–Crippen LogP) is 2.69. The molecule has 66 valence electrons. The Morgan fingerprint density at radius 3 is 2.85 bits per heavy atom. The molecular weight excluding hydrogens is 239 g/mol. The van der Waals surface area contributed by atoms with Crippen molar-refractivity contribution in [3.63, 3.8) is 0 Å². The Morgan fingerprint density at radius 1 is 1.31 bits per heavy atom. The summed E-state index contributed by atoms with van der Waals surface area (Å²) < 4.78 is 18.2. The molecule has 2 rings (SSSR count). The fourth-order valence-corrected chi connectivity index (χ4v) is 1.63. The summed E-state index contributed by atoms with van der Waals surface area (Å²) in [5, 5.41) is 0.562. The van der Waals surface area contributed by atoms with Crippen molar-refractivity contribution in [3.8, 4) is 0 Å². The van der Waals surface area contributed by atoms with E-state index < -0.39 is 5.63 Å². The lowest BCUT2D eigenvalue weighted by Gasteiger charge is -1.97. The minimum absolute atomic E-state index is 0.367. The van der Waals surface area contributed by atoms with E-state index in [2.05, 4.69) is 15.9 Å².